The Kier molecular flexibility index (Phi) is 3.69. The largest absolute Gasteiger partial charge is 0.480 e. The first kappa shape index (κ1) is 11.5. The Bertz CT molecular complexity index is 336. The molecule has 0 aliphatic carbocycles. The highest BCUT2D eigenvalue weighted by Crippen LogP contribution is 2.17. The average molecular weight is 209 g/mol. The summed E-state index contributed by atoms with van der Waals surface area (Å²) in [7, 11) is 0. The van der Waals surface area contributed by atoms with Gasteiger partial charge in [-0.05, 0) is 32.3 Å². The lowest BCUT2D eigenvalue weighted by atomic mass is 10.2. The van der Waals surface area contributed by atoms with E-state index in [2.05, 4.69) is 5.73 Å². The molecule has 0 radical (unpaired) electrons. The zero-order valence-electron chi connectivity index (χ0n) is 8.99. The summed E-state index contributed by atoms with van der Waals surface area (Å²) in [4.78, 5) is 23.8. The van der Waals surface area contributed by atoms with Crippen LogP contribution in [0, 0.1) is 0 Å². The molecule has 1 heterocycles. The number of aliphatic carboxylic acids is 1. The summed E-state index contributed by atoms with van der Waals surface area (Å²) in [5.41, 5.74) is 3.69. The molecular weight excluding hydrogens is 194 g/mol. The molecular formula is C11H15NO3. The van der Waals surface area contributed by atoms with E-state index in [4.69, 9.17) is 5.11 Å². The lowest BCUT2D eigenvalue weighted by molar-refractivity contribution is -0.146. The molecule has 0 spiro atoms. The number of rotatable bonds is 2. The normalized spacial score (nSPS) is 19.6. The summed E-state index contributed by atoms with van der Waals surface area (Å²) < 4.78 is 0. The molecule has 1 fully saturated rings. The Morgan fingerprint density at radius 3 is 2.67 bits per heavy atom. The van der Waals surface area contributed by atoms with Crippen LogP contribution in [0.3, 0.4) is 0 Å². The summed E-state index contributed by atoms with van der Waals surface area (Å²) in [5.74, 6) is -1.19. The van der Waals surface area contributed by atoms with Gasteiger partial charge in [0, 0.05) is 12.6 Å². The maximum Gasteiger partial charge on any atom is 0.326 e. The van der Waals surface area contributed by atoms with Crippen LogP contribution in [0.5, 0.6) is 0 Å². The predicted octanol–water partition coefficient (Wildman–Crippen LogP) is 1.18. The fraction of sp³-hybridized carbons (Fsp3) is 0.545. The number of hydrogen-bond donors (Lipinski definition) is 1. The number of carboxylic acids is 1. The first-order valence-electron chi connectivity index (χ1n) is 4.95. The van der Waals surface area contributed by atoms with Crippen LogP contribution >= 0.6 is 0 Å². The van der Waals surface area contributed by atoms with E-state index in [9.17, 15) is 9.59 Å². The third-order valence-corrected chi connectivity index (χ3v) is 2.31. The van der Waals surface area contributed by atoms with Crippen LogP contribution in [0.4, 0.5) is 0 Å². The van der Waals surface area contributed by atoms with Crippen molar-refractivity contribution < 1.29 is 14.7 Å². The second-order valence-electron chi connectivity index (χ2n) is 3.82. The van der Waals surface area contributed by atoms with Gasteiger partial charge in [0.05, 0.1) is 0 Å². The second-order valence-corrected chi connectivity index (χ2v) is 3.82. The SMILES string of the molecule is CC(C)=C=CC(=O)N1CCC[C@H]1C(=O)O. The van der Waals surface area contributed by atoms with Crippen molar-refractivity contribution in [1.82, 2.24) is 4.90 Å². The van der Waals surface area contributed by atoms with Crippen LogP contribution in [0.1, 0.15) is 26.7 Å². The van der Waals surface area contributed by atoms with Gasteiger partial charge in [-0.25, -0.2) is 4.79 Å². The first-order chi connectivity index (χ1) is 7.02. The Hall–Kier alpha value is -1.54. The summed E-state index contributed by atoms with van der Waals surface area (Å²) >= 11 is 0. The number of nitrogens with zero attached hydrogens (tertiary/aromatic N) is 1. The minimum atomic E-state index is -0.925. The molecule has 15 heavy (non-hydrogen) atoms. The smallest absolute Gasteiger partial charge is 0.326 e. The van der Waals surface area contributed by atoms with E-state index in [0.717, 1.165) is 12.0 Å². The van der Waals surface area contributed by atoms with E-state index in [1.807, 2.05) is 13.8 Å². The lowest BCUT2D eigenvalue weighted by Gasteiger charge is -2.18. The van der Waals surface area contributed by atoms with Gasteiger partial charge in [0.15, 0.2) is 0 Å². The summed E-state index contributed by atoms with van der Waals surface area (Å²) in [6.45, 7) is 4.20. The van der Waals surface area contributed by atoms with Gasteiger partial charge in [0.2, 0.25) is 0 Å². The van der Waals surface area contributed by atoms with E-state index in [1.165, 1.54) is 11.0 Å². The lowest BCUT2D eigenvalue weighted by Crippen LogP contribution is -2.39. The highest BCUT2D eigenvalue weighted by Gasteiger charge is 2.32. The predicted molar refractivity (Wildman–Crippen MR) is 55.3 cm³/mol. The number of likely N-dealkylation sites (tertiary alicyclic amines) is 1. The molecule has 4 heteroatoms. The topological polar surface area (TPSA) is 57.6 Å². The van der Waals surface area contributed by atoms with Gasteiger partial charge < -0.3 is 10.0 Å². The average Bonchev–Trinajstić information content (AvgIpc) is 2.62. The summed E-state index contributed by atoms with van der Waals surface area (Å²) in [6, 6.07) is -0.660. The number of carbonyl (C=O) groups is 2. The molecule has 0 bridgehead atoms. The first-order valence-corrected chi connectivity index (χ1v) is 4.95. The molecule has 82 valence electrons. The van der Waals surface area contributed by atoms with Gasteiger partial charge in [-0.3, -0.25) is 4.79 Å². The van der Waals surface area contributed by atoms with Gasteiger partial charge in [-0.15, -0.1) is 5.73 Å². The molecule has 0 aromatic carbocycles. The Balaban J connectivity index is 2.76. The van der Waals surface area contributed by atoms with Crippen LogP contribution < -0.4 is 0 Å². The Morgan fingerprint density at radius 1 is 1.47 bits per heavy atom. The van der Waals surface area contributed by atoms with E-state index >= 15 is 0 Å². The molecule has 1 atom stereocenters. The highest BCUT2D eigenvalue weighted by atomic mass is 16.4. The molecule has 1 rings (SSSR count). The molecule has 1 amide bonds. The molecule has 1 aliphatic rings. The van der Waals surface area contributed by atoms with Gasteiger partial charge >= 0.3 is 5.97 Å². The van der Waals surface area contributed by atoms with Crippen LogP contribution in [0.25, 0.3) is 0 Å². The molecule has 0 aromatic heterocycles. The zero-order chi connectivity index (χ0) is 11.4. The van der Waals surface area contributed by atoms with Crippen molar-refractivity contribution in [3.63, 3.8) is 0 Å². The van der Waals surface area contributed by atoms with Gasteiger partial charge in [0.1, 0.15) is 6.04 Å². The van der Waals surface area contributed by atoms with Crippen LogP contribution in [-0.4, -0.2) is 34.5 Å². The standard InChI is InChI=1S/C11H15NO3/c1-8(2)5-6-10(13)12-7-3-4-9(12)11(14)15/h6,9H,3-4,7H2,1-2H3,(H,14,15)/t9-/m0/s1. The number of carboxylic acid groups (broad SMARTS) is 1. The van der Waals surface area contributed by atoms with Gasteiger partial charge in [-0.2, -0.15) is 0 Å². The fourth-order valence-electron chi connectivity index (χ4n) is 1.58. The number of carbonyl (C=O) groups excluding carboxylic acids is 1. The van der Waals surface area contributed by atoms with Gasteiger partial charge in [-0.1, -0.05) is 0 Å². The monoisotopic (exact) mass is 209 g/mol. The Labute approximate surface area is 88.9 Å². The van der Waals surface area contributed by atoms with E-state index in [-0.39, 0.29) is 5.91 Å². The molecule has 1 saturated heterocycles. The second kappa shape index (κ2) is 4.80. The van der Waals surface area contributed by atoms with Crippen LogP contribution in [0.15, 0.2) is 17.4 Å². The summed E-state index contributed by atoms with van der Waals surface area (Å²) in [5, 5.41) is 8.88. The number of hydrogen-bond acceptors (Lipinski definition) is 2. The quantitative estimate of drug-likeness (QED) is 0.549. The molecule has 4 nitrogen and oxygen atoms in total. The van der Waals surface area contributed by atoms with Crippen molar-refractivity contribution in [2.45, 2.75) is 32.7 Å². The van der Waals surface area contributed by atoms with Crippen molar-refractivity contribution in [2.24, 2.45) is 0 Å². The maximum absolute atomic E-state index is 11.6. The third kappa shape index (κ3) is 2.96. The van der Waals surface area contributed by atoms with Gasteiger partial charge in [0.25, 0.3) is 5.91 Å². The number of amides is 1. The van der Waals surface area contributed by atoms with Crippen LogP contribution in [-0.2, 0) is 9.59 Å². The summed E-state index contributed by atoms with van der Waals surface area (Å²) in [6.07, 6.45) is 2.62. The van der Waals surface area contributed by atoms with Crippen molar-refractivity contribution in [2.75, 3.05) is 6.54 Å². The van der Waals surface area contributed by atoms with Crippen molar-refractivity contribution in [3.05, 3.63) is 17.4 Å². The minimum Gasteiger partial charge on any atom is -0.480 e. The highest BCUT2D eigenvalue weighted by molar-refractivity contribution is 5.91. The van der Waals surface area contributed by atoms with Crippen molar-refractivity contribution in [1.29, 1.82) is 0 Å². The minimum absolute atomic E-state index is 0.263. The molecule has 0 unspecified atom stereocenters. The molecule has 1 aliphatic heterocycles. The van der Waals surface area contributed by atoms with E-state index in [1.54, 1.807) is 0 Å². The van der Waals surface area contributed by atoms with E-state index in [0.29, 0.717) is 13.0 Å². The maximum atomic E-state index is 11.6. The molecule has 0 saturated carbocycles. The zero-order valence-corrected chi connectivity index (χ0v) is 8.99. The molecule has 0 aromatic rings. The fourth-order valence-corrected chi connectivity index (χ4v) is 1.58. The van der Waals surface area contributed by atoms with Crippen molar-refractivity contribution in [3.8, 4) is 0 Å². The third-order valence-electron chi connectivity index (χ3n) is 2.31. The molecule has 1 N–H and O–H groups in total. The Morgan fingerprint density at radius 2 is 2.13 bits per heavy atom. The van der Waals surface area contributed by atoms with E-state index < -0.39 is 12.0 Å². The van der Waals surface area contributed by atoms with Crippen molar-refractivity contribution >= 4 is 11.9 Å². The van der Waals surface area contributed by atoms with Crippen LogP contribution in [0.2, 0.25) is 0 Å².